The molecule has 2 atom stereocenters. The van der Waals surface area contributed by atoms with Crippen LogP contribution in [0.15, 0.2) is 12.1 Å². The highest BCUT2D eigenvalue weighted by molar-refractivity contribution is 5.99. The van der Waals surface area contributed by atoms with E-state index in [1.54, 1.807) is 6.07 Å². The van der Waals surface area contributed by atoms with Crippen molar-refractivity contribution in [3.05, 3.63) is 23.5 Å². The van der Waals surface area contributed by atoms with Gasteiger partial charge in [0.05, 0.1) is 25.3 Å². The second-order valence-electron chi connectivity index (χ2n) is 8.78. The van der Waals surface area contributed by atoms with Crippen LogP contribution in [0.1, 0.15) is 31.2 Å². The number of hydrogen-bond acceptors (Lipinski definition) is 3. The van der Waals surface area contributed by atoms with E-state index in [2.05, 4.69) is 5.32 Å². The second kappa shape index (κ2) is 8.18. The van der Waals surface area contributed by atoms with Crippen molar-refractivity contribution in [3.8, 4) is 5.75 Å². The number of halogens is 6. The van der Waals surface area contributed by atoms with Gasteiger partial charge in [-0.2, -0.15) is 22.0 Å². The van der Waals surface area contributed by atoms with Crippen LogP contribution in [0.5, 0.6) is 5.75 Å². The molecule has 1 saturated carbocycles. The van der Waals surface area contributed by atoms with E-state index in [1.165, 1.54) is 11.0 Å². The minimum absolute atomic E-state index is 0.127. The molecule has 10 heteroatoms. The van der Waals surface area contributed by atoms with E-state index in [0.717, 1.165) is 12.8 Å². The molecule has 4 nitrogen and oxygen atoms in total. The highest BCUT2D eigenvalue weighted by Gasteiger charge is 2.58. The van der Waals surface area contributed by atoms with E-state index in [9.17, 15) is 31.1 Å². The molecular formula is C21H24F6N2O2. The molecule has 2 heterocycles. The fourth-order valence-corrected chi connectivity index (χ4v) is 4.77. The molecule has 0 spiro atoms. The van der Waals surface area contributed by atoms with Gasteiger partial charge in [0.2, 0.25) is 5.91 Å². The molecule has 2 fully saturated rings. The number of nitrogens with zero attached hydrogens (tertiary/aromatic N) is 1. The zero-order valence-corrected chi connectivity index (χ0v) is 16.8. The summed E-state index contributed by atoms with van der Waals surface area (Å²) in [6, 6.07) is 2.91. The van der Waals surface area contributed by atoms with Crippen molar-refractivity contribution in [2.45, 2.75) is 44.2 Å². The Morgan fingerprint density at radius 1 is 1.13 bits per heavy atom. The molecule has 2 aliphatic heterocycles. The van der Waals surface area contributed by atoms with Crippen LogP contribution in [0.25, 0.3) is 0 Å². The molecule has 1 amide bonds. The number of carbonyl (C=O) groups excluding carboxylic acids is 1. The lowest BCUT2D eigenvalue weighted by Crippen LogP contribution is -2.49. The molecule has 31 heavy (non-hydrogen) atoms. The molecule has 0 unspecified atom stereocenters. The Morgan fingerprint density at radius 2 is 1.84 bits per heavy atom. The average Bonchev–Trinajstić information content (AvgIpc) is 3.33. The summed E-state index contributed by atoms with van der Waals surface area (Å²) in [6.45, 7) is -0.380. The highest BCUT2D eigenvalue weighted by atomic mass is 19.4. The Hall–Kier alpha value is -1.97. The first kappa shape index (κ1) is 22.2. The molecule has 0 bridgehead atoms. The van der Waals surface area contributed by atoms with Gasteiger partial charge in [-0.1, -0.05) is 0 Å². The number of ether oxygens (including phenoxy) is 1. The number of amides is 1. The van der Waals surface area contributed by atoms with Gasteiger partial charge in [-0.05, 0) is 68.2 Å². The molecule has 0 radical (unpaired) electrons. The lowest BCUT2D eigenvalue weighted by molar-refractivity contribution is -0.287. The van der Waals surface area contributed by atoms with Crippen molar-refractivity contribution in [1.82, 2.24) is 4.90 Å². The number of rotatable bonds is 7. The third kappa shape index (κ3) is 4.94. The Balaban J connectivity index is 1.18. The molecule has 172 valence electrons. The molecule has 3 aliphatic rings. The maximum absolute atomic E-state index is 14.0. The Kier molecular flexibility index (Phi) is 5.87. The molecular weight excluding hydrogens is 426 g/mol. The molecule has 1 aromatic carbocycles. The Bertz CT molecular complexity index is 836. The van der Waals surface area contributed by atoms with Gasteiger partial charge in [0.1, 0.15) is 5.75 Å². The van der Waals surface area contributed by atoms with E-state index in [1.807, 2.05) is 0 Å². The third-order valence-corrected chi connectivity index (χ3v) is 6.57. The number of carbonyl (C=O) groups is 1. The molecule has 1 aliphatic carbocycles. The van der Waals surface area contributed by atoms with E-state index in [-0.39, 0.29) is 31.1 Å². The molecule has 4 rings (SSSR count). The summed E-state index contributed by atoms with van der Waals surface area (Å²) in [5.74, 6) is -3.88. The Labute approximate surface area is 175 Å². The van der Waals surface area contributed by atoms with Gasteiger partial charge >= 0.3 is 12.1 Å². The van der Waals surface area contributed by atoms with Crippen molar-refractivity contribution in [3.63, 3.8) is 0 Å². The van der Waals surface area contributed by atoms with Crippen LogP contribution in [0.4, 0.5) is 32.0 Å². The van der Waals surface area contributed by atoms with Crippen molar-refractivity contribution >= 4 is 11.6 Å². The normalized spacial score (nSPS) is 24.8. The van der Waals surface area contributed by atoms with Gasteiger partial charge in [0.25, 0.3) is 0 Å². The molecule has 1 aromatic rings. The number of fused-ring (bicyclic) bond motifs is 1. The van der Waals surface area contributed by atoms with Gasteiger partial charge in [-0.15, -0.1) is 0 Å². The van der Waals surface area contributed by atoms with Crippen molar-refractivity contribution < 1.29 is 35.9 Å². The van der Waals surface area contributed by atoms with Gasteiger partial charge in [-0.3, -0.25) is 9.69 Å². The van der Waals surface area contributed by atoms with Crippen LogP contribution in [0.3, 0.4) is 0 Å². The fourth-order valence-electron chi connectivity index (χ4n) is 4.77. The first-order valence-electron chi connectivity index (χ1n) is 10.5. The predicted octanol–water partition coefficient (Wildman–Crippen LogP) is 4.63. The molecule has 0 aromatic heterocycles. The SMILES string of the molecule is O=C1Cc2cc(OCC[C@@H]3C[C@@H]3C3CCN(CC(F)(F)C(F)(F)F)CC3)cc(F)c2N1. The predicted molar refractivity (Wildman–Crippen MR) is 101 cm³/mol. The summed E-state index contributed by atoms with van der Waals surface area (Å²) in [7, 11) is 0. The summed E-state index contributed by atoms with van der Waals surface area (Å²) in [5, 5.41) is 2.47. The number of anilines is 1. The van der Waals surface area contributed by atoms with Crippen LogP contribution in [-0.4, -0.2) is 49.1 Å². The van der Waals surface area contributed by atoms with Crippen LogP contribution in [0, 0.1) is 23.6 Å². The maximum atomic E-state index is 14.0. The lowest BCUT2D eigenvalue weighted by Gasteiger charge is -2.34. The summed E-state index contributed by atoms with van der Waals surface area (Å²) in [4.78, 5) is 12.6. The van der Waals surface area contributed by atoms with E-state index < -0.39 is 24.5 Å². The first-order chi connectivity index (χ1) is 14.5. The first-order valence-corrected chi connectivity index (χ1v) is 10.5. The zero-order valence-electron chi connectivity index (χ0n) is 16.8. The monoisotopic (exact) mass is 450 g/mol. The minimum Gasteiger partial charge on any atom is -0.493 e. The van der Waals surface area contributed by atoms with E-state index in [0.29, 0.717) is 48.5 Å². The molecule has 1 saturated heterocycles. The third-order valence-electron chi connectivity index (χ3n) is 6.57. The number of likely N-dealkylation sites (tertiary alicyclic amines) is 1. The topological polar surface area (TPSA) is 41.6 Å². The number of hydrogen-bond donors (Lipinski definition) is 1. The summed E-state index contributed by atoms with van der Waals surface area (Å²) in [6.07, 6.45) is -2.39. The standard InChI is InChI=1S/C21H24F6N2O2/c22-17-10-15(7-14-9-18(30)28-19(14)17)31-6-3-13-8-16(13)12-1-4-29(5-2-12)11-20(23,24)21(25,26)27/h7,10,12-13,16H,1-6,8-9,11H2,(H,28,30)/t13-,16-/m1/s1. The highest BCUT2D eigenvalue weighted by Crippen LogP contribution is 2.50. The van der Waals surface area contributed by atoms with Crippen LogP contribution in [0.2, 0.25) is 0 Å². The Morgan fingerprint density at radius 3 is 2.52 bits per heavy atom. The molecule has 1 N–H and O–H groups in total. The lowest BCUT2D eigenvalue weighted by atomic mass is 9.90. The maximum Gasteiger partial charge on any atom is 0.454 e. The van der Waals surface area contributed by atoms with Crippen LogP contribution in [-0.2, 0) is 11.2 Å². The van der Waals surface area contributed by atoms with Crippen molar-refractivity contribution in [1.29, 1.82) is 0 Å². The number of alkyl halides is 5. The summed E-state index contributed by atoms with van der Waals surface area (Å²) >= 11 is 0. The zero-order chi connectivity index (χ0) is 22.4. The van der Waals surface area contributed by atoms with E-state index >= 15 is 0 Å². The minimum atomic E-state index is -5.51. The number of nitrogens with one attached hydrogen (secondary N) is 1. The number of piperidine rings is 1. The quantitative estimate of drug-likeness (QED) is 0.616. The summed E-state index contributed by atoms with van der Waals surface area (Å²) < 4.78 is 83.2. The summed E-state index contributed by atoms with van der Waals surface area (Å²) in [5.41, 5.74) is 0.783. The largest absolute Gasteiger partial charge is 0.493 e. The van der Waals surface area contributed by atoms with Crippen LogP contribution < -0.4 is 10.1 Å². The van der Waals surface area contributed by atoms with Gasteiger partial charge in [0, 0.05) is 6.07 Å². The van der Waals surface area contributed by atoms with Crippen LogP contribution >= 0.6 is 0 Å². The fraction of sp³-hybridized carbons (Fsp3) is 0.667. The van der Waals surface area contributed by atoms with E-state index in [4.69, 9.17) is 4.74 Å². The van der Waals surface area contributed by atoms with Gasteiger partial charge < -0.3 is 10.1 Å². The van der Waals surface area contributed by atoms with Crippen molar-refractivity contribution in [2.24, 2.45) is 17.8 Å². The average molecular weight is 450 g/mol. The second-order valence-corrected chi connectivity index (χ2v) is 8.78. The number of benzene rings is 1. The van der Waals surface area contributed by atoms with Crippen molar-refractivity contribution in [2.75, 3.05) is 31.6 Å². The smallest absolute Gasteiger partial charge is 0.454 e. The van der Waals surface area contributed by atoms with Gasteiger partial charge in [0.15, 0.2) is 5.82 Å². The van der Waals surface area contributed by atoms with Gasteiger partial charge in [-0.25, -0.2) is 4.39 Å².